The van der Waals surface area contributed by atoms with Crippen molar-refractivity contribution in [2.45, 2.75) is 39.5 Å². The molecule has 0 N–H and O–H groups in total. The summed E-state index contributed by atoms with van der Waals surface area (Å²) >= 11 is 0. The second-order valence-electron chi connectivity index (χ2n) is 6.79. The van der Waals surface area contributed by atoms with Gasteiger partial charge in [0.2, 0.25) is 0 Å². The molecule has 0 radical (unpaired) electrons. The van der Waals surface area contributed by atoms with E-state index in [9.17, 15) is 0 Å². The summed E-state index contributed by atoms with van der Waals surface area (Å²) in [7, 11) is 0. The van der Waals surface area contributed by atoms with Crippen LogP contribution >= 0.6 is 0 Å². The molecular weight excluding hydrogens is 286 g/mol. The first-order chi connectivity index (χ1) is 11.0. The Hall–Kier alpha value is -2.29. The van der Waals surface area contributed by atoms with E-state index in [2.05, 4.69) is 50.0 Å². The van der Waals surface area contributed by atoms with Crippen LogP contribution in [0.1, 0.15) is 44.7 Å². The van der Waals surface area contributed by atoms with Crippen LogP contribution in [0.2, 0.25) is 0 Å². The van der Waals surface area contributed by atoms with Gasteiger partial charge in [-0.1, -0.05) is 39.0 Å². The number of oxazole rings is 1. The zero-order valence-electron chi connectivity index (χ0n) is 14.2. The Morgan fingerprint density at radius 3 is 2.43 bits per heavy atom. The third-order valence-electron chi connectivity index (χ3n) is 3.89. The minimum absolute atomic E-state index is 0.114. The molecule has 3 nitrogen and oxygen atoms in total. The summed E-state index contributed by atoms with van der Waals surface area (Å²) in [5.41, 5.74) is 4.32. The van der Waals surface area contributed by atoms with Gasteiger partial charge >= 0.3 is 0 Å². The van der Waals surface area contributed by atoms with Gasteiger partial charge in [-0.25, -0.2) is 4.98 Å². The first kappa shape index (κ1) is 15.6. The largest absolute Gasteiger partial charge is 0.494 e. The Kier molecular flexibility index (Phi) is 4.12. The lowest BCUT2D eigenvalue weighted by molar-refractivity contribution is 0.340. The number of rotatable bonds is 4. The van der Waals surface area contributed by atoms with Crippen molar-refractivity contribution in [3.05, 3.63) is 59.5 Å². The lowest BCUT2D eigenvalue weighted by Crippen LogP contribution is -2.10. The Bertz CT molecular complexity index is 795. The highest BCUT2D eigenvalue weighted by molar-refractivity contribution is 5.73. The molecule has 0 saturated heterocycles. The van der Waals surface area contributed by atoms with Crippen LogP contribution in [0, 0.1) is 0 Å². The van der Waals surface area contributed by atoms with Gasteiger partial charge in [-0.3, -0.25) is 0 Å². The summed E-state index contributed by atoms with van der Waals surface area (Å²) in [4.78, 5) is 4.64. The molecule has 120 valence electrons. The molecule has 0 saturated carbocycles. The van der Waals surface area contributed by atoms with Crippen LogP contribution in [0.25, 0.3) is 11.1 Å². The molecule has 0 atom stereocenters. The van der Waals surface area contributed by atoms with Crippen LogP contribution in [0.4, 0.5) is 0 Å². The molecule has 23 heavy (non-hydrogen) atoms. The molecule has 0 bridgehead atoms. The highest BCUT2D eigenvalue weighted by Crippen LogP contribution is 2.27. The summed E-state index contributed by atoms with van der Waals surface area (Å²) in [6.45, 7) is 9.28. The van der Waals surface area contributed by atoms with Gasteiger partial charge in [0, 0.05) is 6.42 Å². The lowest BCUT2D eigenvalue weighted by Gasteiger charge is -2.18. The fourth-order valence-corrected chi connectivity index (χ4v) is 2.56. The van der Waals surface area contributed by atoms with E-state index in [0.29, 0.717) is 13.0 Å². The van der Waals surface area contributed by atoms with Gasteiger partial charge in [-0.05, 0) is 47.7 Å². The third-order valence-corrected chi connectivity index (χ3v) is 3.89. The van der Waals surface area contributed by atoms with E-state index in [1.807, 2.05) is 25.1 Å². The first-order valence-corrected chi connectivity index (χ1v) is 8.07. The second-order valence-corrected chi connectivity index (χ2v) is 6.79. The molecule has 2 aromatic carbocycles. The summed E-state index contributed by atoms with van der Waals surface area (Å²) in [5, 5.41) is 0. The Morgan fingerprint density at radius 1 is 1.04 bits per heavy atom. The number of ether oxygens (including phenoxy) is 1. The van der Waals surface area contributed by atoms with Crippen LogP contribution in [-0.2, 0) is 11.8 Å². The van der Waals surface area contributed by atoms with Crippen LogP contribution in [0.5, 0.6) is 5.75 Å². The van der Waals surface area contributed by atoms with Crippen molar-refractivity contribution in [2.75, 3.05) is 6.61 Å². The van der Waals surface area contributed by atoms with Crippen molar-refractivity contribution in [1.82, 2.24) is 4.98 Å². The average Bonchev–Trinajstić information content (AvgIpc) is 2.90. The van der Waals surface area contributed by atoms with Gasteiger partial charge in [-0.15, -0.1) is 0 Å². The van der Waals surface area contributed by atoms with E-state index in [-0.39, 0.29) is 5.41 Å². The molecule has 0 spiro atoms. The van der Waals surface area contributed by atoms with Crippen molar-refractivity contribution in [3.63, 3.8) is 0 Å². The molecule has 1 aromatic heterocycles. The molecule has 0 aliphatic rings. The van der Waals surface area contributed by atoms with E-state index >= 15 is 0 Å². The van der Waals surface area contributed by atoms with E-state index in [1.54, 1.807) is 0 Å². The van der Waals surface area contributed by atoms with Crippen molar-refractivity contribution >= 4 is 11.1 Å². The summed E-state index contributed by atoms with van der Waals surface area (Å²) in [5.74, 6) is 1.64. The highest BCUT2D eigenvalue weighted by Gasteiger charge is 2.15. The zero-order chi connectivity index (χ0) is 16.4. The maximum absolute atomic E-state index is 5.88. The van der Waals surface area contributed by atoms with Crippen molar-refractivity contribution in [3.8, 4) is 5.75 Å². The van der Waals surface area contributed by atoms with Gasteiger partial charge in [-0.2, -0.15) is 0 Å². The van der Waals surface area contributed by atoms with Gasteiger partial charge in [0.1, 0.15) is 11.3 Å². The normalized spacial score (nSPS) is 11.8. The smallest absolute Gasteiger partial charge is 0.199 e. The first-order valence-electron chi connectivity index (χ1n) is 8.07. The second kappa shape index (κ2) is 6.07. The summed E-state index contributed by atoms with van der Waals surface area (Å²) in [6.07, 6.45) is 0.686. The number of benzene rings is 2. The molecule has 0 unspecified atom stereocenters. The fourth-order valence-electron chi connectivity index (χ4n) is 2.56. The van der Waals surface area contributed by atoms with Crippen molar-refractivity contribution < 1.29 is 9.15 Å². The van der Waals surface area contributed by atoms with Gasteiger partial charge in [0.25, 0.3) is 0 Å². The Labute approximate surface area is 137 Å². The highest BCUT2D eigenvalue weighted by atomic mass is 16.5. The topological polar surface area (TPSA) is 35.3 Å². The summed E-state index contributed by atoms with van der Waals surface area (Å²) in [6, 6.07) is 14.3. The minimum atomic E-state index is 0.114. The molecule has 0 amide bonds. The number of hydrogen-bond acceptors (Lipinski definition) is 3. The molecule has 0 fully saturated rings. The van der Waals surface area contributed by atoms with Crippen LogP contribution in [0.3, 0.4) is 0 Å². The Balaban J connectivity index is 1.83. The number of aromatic nitrogens is 1. The van der Waals surface area contributed by atoms with E-state index < -0.39 is 0 Å². The van der Waals surface area contributed by atoms with Crippen molar-refractivity contribution in [1.29, 1.82) is 0 Å². The maximum atomic E-state index is 5.88. The molecule has 0 aliphatic heterocycles. The molecule has 1 heterocycles. The molecular formula is C20H23NO2. The maximum Gasteiger partial charge on any atom is 0.199 e. The Morgan fingerprint density at radius 2 is 1.78 bits per heavy atom. The monoisotopic (exact) mass is 309 g/mol. The predicted octanol–water partition coefficient (Wildman–Crippen LogP) is 5.11. The lowest BCUT2D eigenvalue weighted by atomic mass is 9.87. The van der Waals surface area contributed by atoms with Crippen molar-refractivity contribution in [2.24, 2.45) is 0 Å². The molecule has 3 aromatic rings. The predicted molar refractivity (Wildman–Crippen MR) is 93.1 cm³/mol. The standard InChI is InChI=1S/C20H23NO2/c1-5-22-16-9-6-14(7-10-16)12-19-21-17-13-15(20(2,3)4)8-11-18(17)23-19/h6-11,13H,5,12H2,1-4H3. The SMILES string of the molecule is CCOc1ccc(Cc2nc3cc(C(C)(C)C)ccc3o2)cc1. The van der Waals surface area contributed by atoms with E-state index in [1.165, 1.54) is 5.56 Å². The zero-order valence-corrected chi connectivity index (χ0v) is 14.2. The van der Waals surface area contributed by atoms with Crippen LogP contribution in [0.15, 0.2) is 46.9 Å². The van der Waals surface area contributed by atoms with Crippen LogP contribution in [-0.4, -0.2) is 11.6 Å². The fraction of sp³-hybridized carbons (Fsp3) is 0.350. The quantitative estimate of drug-likeness (QED) is 0.671. The average molecular weight is 309 g/mol. The van der Waals surface area contributed by atoms with Gasteiger partial charge < -0.3 is 9.15 Å². The third kappa shape index (κ3) is 3.55. The molecule has 0 aliphatic carbocycles. The van der Waals surface area contributed by atoms with Gasteiger partial charge in [0.15, 0.2) is 11.5 Å². The molecule has 3 rings (SSSR count). The number of hydrogen-bond donors (Lipinski definition) is 0. The minimum Gasteiger partial charge on any atom is -0.494 e. The van der Waals surface area contributed by atoms with E-state index in [0.717, 1.165) is 28.3 Å². The van der Waals surface area contributed by atoms with Gasteiger partial charge in [0.05, 0.1) is 6.61 Å². The molecule has 3 heteroatoms. The van der Waals surface area contributed by atoms with E-state index in [4.69, 9.17) is 9.15 Å². The van der Waals surface area contributed by atoms with Crippen LogP contribution < -0.4 is 4.74 Å². The number of nitrogens with zero attached hydrogens (tertiary/aromatic N) is 1. The summed E-state index contributed by atoms with van der Waals surface area (Å²) < 4.78 is 11.3. The number of fused-ring (bicyclic) bond motifs is 1.